The molecular formula is C17H22N6O2. The Kier molecular flexibility index (Phi) is 4.37. The van der Waals surface area contributed by atoms with Crippen LogP contribution in [0.3, 0.4) is 0 Å². The summed E-state index contributed by atoms with van der Waals surface area (Å²) in [5.41, 5.74) is 7.40. The first-order chi connectivity index (χ1) is 12.2. The quantitative estimate of drug-likeness (QED) is 0.730. The molecule has 3 N–H and O–H groups in total. The number of hydrogen-bond donors (Lipinski definition) is 3. The van der Waals surface area contributed by atoms with Gasteiger partial charge in [-0.15, -0.1) is 0 Å². The Balaban J connectivity index is 1.30. The Morgan fingerprint density at radius 3 is 2.72 bits per heavy atom. The lowest BCUT2D eigenvalue weighted by Crippen LogP contribution is -2.59. The van der Waals surface area contributed by atoms with E-state index in [9.17, 15) is 9.59 Å². The molecular weight excluding hydrogens is 320 g/mol. The summed E-state index contributed by atoms with van der Waals surface area (Å²) >= 11 is 0. The van der Waals surface area contributed by atoms with Crippen molar-refractivity contribution in [3.05, 3.63) is 30.1 Å². The average Bonchev–Trinajstić information content (AvgIpc) is 3.05. The van der Waals surface area contributed by atoms with Gasteiger partial charge in [0.2, 0.25) is 11.8 Å². The number of imidazole rings is 1. The Bertz CT molecular complexity index is 737. The number of carbonyl (C=O) groups excluding carboxylic acids is 2. The first kappa shape index (κ1) is 16.0. The van der Waals surface area contributed by atoms with Crippen LogP contribution in [-0.4, -0.2) is 63.8 Å². The number of amides is 2. The normalized spacial score (nSPS) is 22.2. The number of hydrazine groups is 1. The van der Waals surface area contributed by atoms with Crippen molar-refractivity contribution >= 4 is 22.8 Å². The average molecular weight is 342 g/mol. The highest BCUT2D eigenvalue weighted by Gasteiger charge is 2.30. The molecule has 0 radical (unpaired) electrons. The van der Waals surface area contributed by atoms with Crippen molar-refractivity contribution < 1.29 is 9.59 Å². The van der Waals surface area contributed by atoms with Crippen molar-refractivity contribution in [1.29, 1.82) is 0 Å². The van der Waals surface area contributed by atoms with Gasteiger partial charge in [-0.3, -0.25) is 19.9 Å². The number of hydrogen-bond acceptors (Lipinski definition) is 5. The van der Waals surface area contributed by atoms with E-state index in [2.05, 4.69) is 25.7 Å². The molecule has 1 aromatic carbocycles. The van der Waals surface area contributed by atoms with E-state index in [1.807, 2.05) is 29.2 Å². The van der Waals surface area contributed by atoms with Gasteiger partial charge < -0.3 is 9.88 Å². The minimum atomic E-state index is -0.306. The van der Waals surface area contributed by atoms with Crippen LogP contribution in [0.1, 0.15) is 18.7 Å². The molecule has 1 atom stereocenters. The molecule has 2 amide bonds. The maximum Gasteiger partial charge on any atom is 0.241 e. The van der Waals surface area contributed by atoms with E-state index in [-0.39, 0.29) is 17.9 Å². The van der Waals surface area contributed by atoms with Crippen LogP contribution in [-0.2, 0) is 16.1 Å². The highest BCUT2D eigenvalue weighted by molar-refractivity contribution is 5.85. The monoisotopic (exact) mass is 342 g/mol. The number of aromatic amines is 1. The van der Waals surface area contributed by atoms with E-state index >= 15 is 0 Å². The minimum Gasteiger partial charge on any atom is -0.341 e. The van der Waals surface area contributed by atoms with Crippen LogP contribution in [0.15, 0.2) is 24.3 Å². The smallest absolute Gasteiger partial charge is 0.241 e. The lowest BCUT2D eigenvalue weighted by molar-refractivity contribution is -0.138. The highest BCUT2D eigenvalue weighted by atomic mass is 16.2. The predicted octanol–water partition coefficient (Wildman–Crippen LogP) is -0.00970. The van der Waals surface area contributed by atoms with Crippen LogP contribution >= 0.6 is 0 Å². The largest absolute Gasteiger partial charge is 0.341 e. The molecule has 25 heavy (non-hydrogen) atoms. The van der Waals surface area contributed by atoms with Crippen molar-refractivity contribution in [1.82, 2.24) is 30.6 Å². The molecule has 2 aromatic rings. The summed E-state index contributed by atoms with van der Waals surface area (Å²) in [5, 5.41) is 0. The van der Waals surface area contributed by atoms with Crippen LogP contribution in [0, 0.1) is 0 Å². The van der Waals surface area contributed by atoms with Crippen molar-refractivity contribution in [3.8, 4) is 0 Å². The number of nitrogens with zero attached hydrogens (tertiary/aromatic N) is 3. The molecule has 1 aromatic heterocycles. The van der Waals surface area contributed by atoms with Crippen molar-refractivity contribution in [2.75, 3.05) is 26.2 Å². The molecule has 2 aliphatic heterocycles. The van der Waals surface area contributed by atoms with Gasteiger partial charge in [0, 0.05) is 32.6 Å². The number of aromatic nitrogens is 2. The molecule has 1 unspecified atom stereocenters. The van der Waals surface area contributed by atoms with Gasteiger partial charge in [-0.1, -0.05) is 12.1 Å². The van der Waals surface area contributed by atoms with Crippen molar-refractivity contribution in [2.45, 2.75) is 25.4 Å². The lowest BCUT2D eigenvalue weighted by Gasteiger charge is -2.36. The summed E-state index contributed by atoms with van der Waals surface area (Å²) < 4.78 is 0. The number of para-hydroxylation sites is 2. The zero-order valence-corrected chi connectivity index (χ0v) is 14.0. The number of carbonyl (C=O) groups is 2. The van der Waals surface area contributed by atoms with Gasteiger partial charge in [-0.2, -0.15) is 0 Å². The maximum atomic E-state index is 12.5. The molecule has 8 heteroatoms. The Morgan fingerprint density at radius 1 is 1.20 bits per heavy atom. The topological polar surface area (TPSA) is 93.4 Å². The molecule has 8 nitrogen and oxygen atoms in total. The molecule has 3 heterocycles. The van der Waals surface area contributed by atoms with Crippen LogP contribution in [0.25, 0.3) is 11.0 Å². The predicted molar refractivity (Wildman–Crippen MR) is 92.3 cm³/mol. The maximum absolute atomic E-state index is 12.5. The van der Waals surface area contributed by atoms with E-state index in [4.69, 9.17) is 0 Å². The number of rotatable bonds is 3. The number of piperazine rings is 1. The minimum absolute atomic E-state index is 0.0558. The zero-order chi connectivity index (χ0) is 17.2. The van der Waals surface area contributed by atoms with Crippen molar-refractivity contribution in [3.63, 3.8) is 0 Å². The van der Waals surface area contributed by atoms with E-state index in [1.165, 1.54) is 0 Å². The molecule has 2 saturated heterocycles. The summed E-state index contributed by atoms with van der Waals surface area (Å²) in [6.45, 7) is 3.80. The van der Waals surface area contributed by atoms with Crippen LogP contribution in [0.5, 0.6) is 0 Å². The molecule has 0 spiro atoms. The third kappa shape index (κ3) is 3.49. The number of fused-ring (bicyclic) bond motifs is 1. The first-order valence-electron chi connectivity index (χ1n) is 8.68. The number of H-pyrrole nitrogens is 1. The fraction of sp³-hybridized carbons (Fsp3) is 0.471. The molecule has 0 aliphatic carbocycles. The molecule has 2 fully saturated rings. The summed E-state index contributed by atoms with van der Waals surface area (Å²) in [6, 6.07) is 7.70. The molecule has 2 aliphatic rings. The fourth-order valence-corrected chi connectivity index (χ4v) is 3.40. The van der Waals surface area contributed by atoms with E-state index < -0.39 is 0 Å². The second kappa shape index (κ2) is 6.81. The lowest BCUT2D eigenvalue weighted by atomic mass is 10.1. The van der Waals surface area contributed by atoms with Crippen LogP contribution in [0.4, 0.5) is 0 Å². The van der Waals surface area contributed by atoms with Gasteiger partial charge in [0.05, 0.1) is 17.6 Å². The second-order valence-corrected chi connectivity index (χ2v) is 6.59. The molecule has 0 saturated carbocycles. The third-order valence-corrected chi connectivity index (χ3v) is 4.84. The molecule has 132 valence electrons. The zero-order valence-electron chi connectivity index (χ0n) is 14.0. The molecule has 4 rings (SSSR count). The van der Waals surface area contributed by atoms with Crippen LogP contribution < -0.4 is 10.9 Å². The number of benzene rings is 1. The molecule has 0 bridgehead atoms. The van der Waals surface area contributed by atoms with E-state index in [0.29, 0.717) is 25.9 Å². The summed E-state index contributed by atoms with van der Waals surface area (Å²) in [7, 11) is 0. The standard InChI is InChI=1S/C17H22N6O2/c24-16-6-5-14(20-21-16)17(25)23-9-7-22(8-10-23)11-15-18-12-3-1-2-4-13(12)19-15/h1-4,14,20H,5-11H2,(H,18,19)(H,21,24). The van der Waals surface area contributed by atoms with Crippen molar-refractivity contribution in [2.24, 2.45) is 0 Å². The van der Waals surface area contributed by atoms with Gasteiger partial charge in [0.15, 0.2) is 0 Å². The highest BCUT2D eigenvalue weighted by Crippen LogP contribution is 2.14. The summed E-state index contributed by atoms with van der Waals surface area (Å²) in [6.07, 6.45) is 0.958. The summed E-state index contributed by atoms with van der Waals surface area (Å²) in [4.78, 5) is 35.8. The Labute approximate surface area is 145 Å². The van der Waals surface area contributed by atoms with E-state index in [0.717, 1.165) is 36.5 Å². The van der Waals surface area contributed by atoms with Gasteiger partial charge in [0.25, 0.3) is 0 Å². The van der Waals surface area contributed by atoms with E-state index in [1.54, 1.807) is 0 Å². The van der Waals surface area contributed by atoms with Gasteiger partial charge in [-0.25, -0.2) is 10.4 Å². The first-order valence-corrected chi connectivity index (χ1v) is 8.68. The van der Waals surface area contributed by atoms with Gasteiger partial charge >= 0.3 is 0 Å². The summed E-state index contributed by atoms with van der Waals surface area (Å²) in [5.74, 6) is 0.973. The van der Waals surface area contributed by atoms with Gasteiger partial charge in [-0.05, 0) is 18.6 Å². The third-order valence-electron chi connectivity index (χ3n) is 4.84. The van der Waals surface area contributed by atoms with Gasteiger partial charge in [0.1, 0.15) is 11.9 Å². The SMILES string of the molecule is O=C1CCC(C(=O)N2CCN(Cc3nc4ccccc4[nH]3)CC2)NN1. The van der Waals surface area contributed by atoms with Crippen LogP contribution in [0.2, 0.25) is 0 Å². The Morgan fingerprint density at radius 2 is 2.00 bits per heavy atom. The fourth-order valence-electron chi connectivity index (χ4n) is 3.40. The Hall–Kier alpha value is -2.45. The second-order valence-electron chi connectivity index (χ2n) is 6.59. The number of nitrogens with one attached hydrogen (secondary N) is 3.